The number of hydrogen-bond donors (Lipinski definition) is 4. The second-order valence-electron chi connectivity index (χ2n) is 26.1. The zero-order valence-electron chi connectivity index (χ0n) is 65.1. The number of unbranched alkanes of at least 4 members (excludes halogenated alkanes) is 21. The Morgan fingerprint density at radius 1 is 0.276 bits per heavy atom. The van der Waals surface area contributed by atoms with Crippen molar-refractivity contribution in [3.05, 3.63) is 182 Å². The molecule has 0 spiro atoms. The summed E-state index contributed by atoms with van der Waals surface area (Å²) in [6.45, 7) is 2.25. The zero-order chi connectivity index (χ0) is 76.6. The average molecular weight is 1510 g/mol. The van der Waals surface area contributed by atoms with Gasteiger partial charge in [0.15, 0.2) is 6.10 Å². The van der Waals surface area contributed by atoms with Crippen molar-refractivity contribution in [2.45, 2.75) is 309 Å². The van der Waals surface area contributed by atoms with Crippen molar-refractivity contribution in [1.29, 1.82) is 0 Å². The van der Waals surface area contributed by atoms with Gasteiger partial charge in [-0.05, 0) is 141 Å². The van der Waals surface area contributed by atoms with Gasteiger partial charge in [-0.15, -0.1) is 0 Å². The molecule has 4 N–H and O–H groups in total. The van der Waals surface area contributed by atoms with E-state index in [-0.39, 0.29) is 19.3 Å². The molecular formula is C87H142O16P2. The van der Waals surface area contributed by atoms with Crippen LogP contribution in [0.1, 0.15) is 290 Å². The molecule has 0 radical (unpaired) electrons. The third-order valence-corrected chi connectivity index (χ3v) is 18.0. The molecule has 0 aromatic carbocycles. The molecule has 0 aliphatic rings. The molecule has 0 aromatic rings. The highest BCUT2D eigenvalue weighted by atomic mass is 31.2. The molecule has 0 saturated carbocycles. The molecule has 0 aliphatic carbocycles. The van der Waals surface area contributed by atoms with Crippen molar-refractivity contribution >= 4 is 33.6 Å². The quantitative estimate of drug-likeness (QED) is 0.0146. The van der Waals surface area contributed by atoms with Crippen molar-refractivity contribution in [3.8, 4) is 0 Å². The normalized spacial score (nSPS) is 14.9. The van der Waals surface area contributed by atoms with Gasteiger partial charge in [0.1, 0.15) is 25.4 Å². The summed E-state index contributed by atoms with van der Waals surface area (Å²) < 4.78 is 61.0. The second kappa shape index (κ2) is 78.2. The molecule has 0 fully saturated rings. The minimum absolute atomic E-state index is 0.00344. The summed E-state index contributed by atoms with van der Waals surface area (Å²) in [5.41, 5.74) is 0. The van der Waals surface area contributed by atoms with Crippen LogP contribution in [0.5, 0.6) is 0 Å². The average Bonchev–Trinajstić information content (AvgIpc) is 0.915. The summed E-state index contributed by atoms with van der Waals surface area (Å²) in [6.07, 6.45) is 101. The first-order chi connectivity index (χ1) is 51.2. The molecule has 5 atom stereocenters. The lowest BCUT2D eigenvalue weighted by Gasteiger charge is -2.21. The fourth-order valence-corrected chi connectivity index (χ4v) is 11.7. The van der Waals surface area contributed by atoms with Gasteiger partial charge in [0.05, 0.1) is 26.4 Å². The van der Waals surface area contributed by atoms with Crippen LogP contribution >= 0.6 is 15.6 Å². The van der Waals surface area contributed by atoms with Crippen molar-refractivity contribution in [2.24, 2.45) is 0 Å². The number of phosphoric acid groups is 2. The van der Waals surface area contributed by atoms with Crippen LogP contribution in [0.3, 0.4) is 0 Å². The minimum atomic E-state index is -4.97. The summed E-state index contributed by atoms with van der Waals surface area (Å²) in [7, 11) is -9.84. The van der Waals surface area contributed by atoms with Crippen LogP contribution in [0.25, 0.3) is 0 Å². The molecule has 18 heteroatoms. The highest BCUT2D eigenvalue weighted by Gasteiger charge is 2.29. The number of phosphoric ester groups is 2. The SMILES string of the molecule is CC/C=C\C/C=C\C/C=C\C/C=C\C/C=C\C/C=C\CCC(=O)OCC(COP(=O)(O)OCC(O)COP(=O)(O)OCC(O)COC(=O)CCCCCCCCCCCCCCCCCCC/C=C\C/C=C\C/C=C\C/C=C\CCCCC)OC(=O)CCC/C=C\C/C=C\C/C=C\C/C=C\C/C=C\CC. The first kappa shape index (κ1) is 99.7. The molecule has 5 unspecified atom stereocenters. The zero-order valence-corrected chi connectivity index (χ0v) is 66.9. The first-order valence-electron chi connectivity index (χ1n) is 40.1. The Hall–Kier alpha value is -5.35. The molecule has 0 bridgehead atoms. The van der Waals surface area contributed by atoms with Crippen LogP contribution in [0.2, 0.25) is 0 Å². The van der Waals surface area contributed by atoms with Crippen LogP contribution in [-0.2, 0) is 55.8 Å². The molecule has 0 amide bonds. The topological polar surface area (TPSA) is 231 Å². The maximum Gasteiger partial charge on any atom is 0.472 e. The third-order valence-electron chi connectivity index (χ3n) is 16.1. The van der Waals surface area contributed by atoms with Crippen molar-refractivity contribution in [3.63, 3.8) is 0 Å². The molecule has 0 saturated heterocycles. The Kier molecular flexibility index (Phi) is 74.3. The van der Waals surface area contributed by atoms with E-state index in [4.69, 9.17) is 32.3 Å². The van der Waals surface area contributed by atoms with E-state index in [9.17, 15) is 43.5 Å². The van der Waals surface area contributed by atoms with E-state index in [2.05, 4.69) is 173 Å². The molecule has 105 heavy (non-hydrogen) atoms. The summed E-state index contributed by atoms with van der Waals surface area (Å²) >= 11 is 0. The van der Waals surface area contributed by atoms with E-state index >= 15 is 0 Å². The van der Waals surface area contributed by atoms with E-state index in [1.165, 1.54) is 116 Å². The maximum absolute atomic E-state index is 12.9. The van der Waals surface area contributed by atoms with Crippen molar-refractivity contribution < 1.29 is 75.8 Å². The molecule has 16 nitrogen and oxygen atoms in total. The fourth-order valence-electron chi connectivity index (χ4n) is 10.1. The number of esters is 3. The Labute approximate surface area is 636 Å². The van der Waals surface area contributed by atoms with Gasteiger partial charge < -0.3 is 34.2 Å². The molecule has 0 rings (SSSR count). The number of rotatable bonds is 74. The highest BCUT2D eigenvalue weighted by molar-refractivity contribution is 7.47. The minimum Gasteiger partial charge on any atom is -0.463 e. The molecule has 0 heterocycles. The molecule has 0 aromatic heterocycles. The number of aliphatic hydroxyl groups excluding tert-OH is 2. The van der Waals surface area contributed by atoms with E-state index < -0.39 is 91.5 Å². The Balaban J connectivity index is 4.56. The van der Waals surface area contributed by atoms with Crippen LogP contribution in [0, 0.1) is 0 Å². The summed E-state index contributed by atoms with van der Waals surface area (Å²) in [6, 6.07) is 0. The predicted octanol–water partition coefficient (Wildman–Crippen LogP) is 23.8. The number of carbonyl (C=O) groups excluding carboxylic acids is 3. The summed E-state index contributed by atoms with van der Waals surface area (Å²) in [5.74, 6) is -1.75. The van der Waals surface area contributed by atoms with Gasteiger partial charge in [-0.3, -0.25) is 32.5 Å². The molecular weight excluding hydrogens is 1360 g/mol. The predicted molar refractivity (Wildman–Crippen MR) is 435 cm³/mol. The van der Waals surface area contributed by atoms with Gasteiger partial charge in [0.25, 0.3) is 0 Å². The number of allylic oxidation sites excluding steroid dienone is 30. The lowest BCUT2D eigenvalue weighted by Crippen LogP contribution is -2.30. The lowest BCUT2D eigenvalue weighted by atomic mass is 10.0. The monoisotopic (exact) mass is 1500 g/mol. The van der Waals surface area contributed by atoms with E-state index in [0.29, 0.717) is 32.1 Å². The highest BCUT2D eigenvalue weighted by Crippen LogP contribution is 2.45. The van der Waals surface area contributed by atoms with Gasteiger partial charge >= 0.3 is 33.6 Å². The van der Waals surface area contributed by atoms with Gasteiger partial charge in [-0.25, -0.2) is 9.13 Å². The van der Waals surface area contributed by atoms with Crippen molar-refractivity contribution in [1.82, 2.24) is 0 Å². The van der Waals surface area contributed by atoms with E-state index in [0.717, 1.165) is 103 Å². The largest absolute Gasteiger partial charge is 0.472 e. The van der Waals surface area contributed by atoms with Crippen LogP contribution in [0.4, 0.5) is 0 Å². The third kappa shape index (κ3) is 79.5. The second-order valence-corrected chi connectivity index (χ2v) is 29.0. The number of aliphatic hydroxyl groups is 2. The van der Waals surface area contributed by atoms with Crippen LogP contribution in [0.15, 0.2) is 182 Å². The van der Waals surface area contributed by atoms with E-state index in [1.54, 1.807) is 0 Å². The smallest absolute Gasteiger partial charge is 0.463 e. The Morgan fingerprint density at radius 2 is 0.533 bits per heavy atom. The van der Waals surface area contributed by atoms with Gasteiger partial charge in [-0.1, -0.05) is 312 Å². The number of ether oxygens (including phenoxy) is 3. The van der Waals surface area contributed by atoms with E-state index in [1.807, 2.05) is 30.4 Å². The summed E-state index contributed by atoms with van der Waals surface area (Å²) in [4.78, 5) is 58.6. The lowest BCUT2D eigenvalue weighted by molar-refractivity contribution is -0.161. The van der Waals surface area contributed by atoms with Crippen LogP contribution in [-0.4, -0.2) is 95.9 Å². The number of carbonyl (C=O) groups is 3. The fraction of sp³-hybridized carbons (Fsp3) is 0.621. The maximum atomic E-state index is 12.9. The Bertz CT molecular complexity index is 2640. The van der Waals surface area contributed by atoms with Gasteiger partial charge in [0.2, 0.25) is 0 Å². The van der Waals surface area contributed by atoms with Gasteiger partial charge in [0, 0.05) is 19.3 Å². The number of hydrogen-bond acceptors (Lipinski definition) is 14. The van der Waals surface area contributed by atoms with Gasteiger partial charge in [-0.2, -0.15) is 0 Å². The van der Waals surface area contributed by atoms with Crippen LogP contribution < -0.4 is 0 Å². The summed E-state index contributed by atoms with van der Waals surface area (Å²) in [5, 5.41) is 20.6. The molecule has 0 aliphatic heterocycles. The standard InChI is InChI=1S/C87H142O16P2/c1-4-7-10-13-16-19-22-25-28-31-33-34-35-36-37-38-39-40-41-42-43-44-45-46-48-51-52-55-58-61-64-67-70-73-85(90)97-76-82(88)77-99-104(93,94)100-78-83(89)79-101-105(95,96)102-81-84(103-87(92)75-72-69-66-63-60-57-54-49-30-27-24-21-18-15-12-9-6-3)80-98-86(91)74-71-68-65-62-59-56-53-50-47-32-29-26-23-20-17-14-11-8-5-2/h8-9,11-12,16-21,25-30,33-34,36-37,47,50,54,56-57,59,63,65-66,68,82-84,88-89H,4-7,10,13-15,22-24,31-32,35,38-46,48-49,51-53,55,58,60-62,64,67,69-81H2,1-3H3,(H,93,94)(H,95,96)/b11-8-,12-9-,19-16-,20-17-,21-18-,28-25-,29-26-,30-27-,34-33-,37-36-,50-47-,57-54-,59-56-,66-63-,68-65-. The molecule has 596 valence electrons. The first-order valence-corrected chi connectivity index (χ1v) is 43.1. The Morgan fingerprint density at radius 3 is 0.886 bits per heavy atom. The van der Waals surface area contributed by atoms with Crippen molar-refractivity contribution in [2.75, 3.05) is 39.6 Å².